The molecule has 130 valence electrons. The number of aryl methyl sites for hydroxylation is 2. The molecule has 2 atom stereocenters. The molecule has 1 fully saturated rings. The van der Waals surface area contributed by atoms with Crippen LogP contribution in [0.25, 0.3) is 0 Å². The van der Waals surface area contributed by atoms with E-state index in [1.807, 2.05) is 32.0 Å². The summed E-state index contributed by atoms with van der Waals surface area (Å²) in [5.74, 6) is -0.978. The van der Waals surface area contributed by atoms with Crippen LogP contribution in [0, 0.1) is 19.8 Å². The highest BCUT2D eigenvalue weighted by molar-refractivity contribution is 5.76. The third-order valence-corrected chi connectivity index (χ3v) is 4.59. The fourth-order valence-electron chi connectivity index (χ4n) is 3.20. The molecular formula is C20H26O4. The van der Waals surface area contributed by atoms with Crippen LogP contribution < -0.4 is 0 Å². The van der Waals surface area contributed by atoms with E-state index in [1.54, 1.807) is 6.92 Å². The second kappa shape index (κ2) is 8.13. The molecule has 2 unspecified atom stereocenters. The minimum Gasteiger partial charge on any atom is -0.466 e. The van der Waals surface area contributed by atoms with Crippen molar-refractivity contribution < 1.29 is 19.1 Å². The van der Waals surface area contributed by atoms with Gasteiger partial charge in [-0.25, -0.2) is 0 Å². The molecule has 0 heterocycles. The molecule has 1 saturated carbocycles. The topological polar surface area (TPSA) is 52.6 Å². The van der Waals surface area contributed by atoms with Gasteiger partial charge in [-0.1, -0.05) is 30.4 Å². The van der Waals surface area contributed by atoms with Crippen molar-refractivity contribution in [3.8, 4) is 0 Å². The highest BCUT2D eigenvalue weighted by Crippen LogP contribution is 2.31. The molecule has 0 radical (unpaired) electrons. The summed E-state index contributed by atoms with van der Waals surface area (Å²) in [6, 6.07) is 5.94. The summed E-state index contributed by atoms with van der Waals surface area (Å²) >= 11 is 0. The molecule has 1 aromatic rings. The molecular weight excluding hydrogens is 304 g/mol. The lowest BCUT2D eigenvalue weighted by Crippen LogP contribution is -2.37. The number of carbonyl (C=O) groups excluding carboxylic acids is 2. The number of hydrogen-bond donors (Lipinski definition) is 0. The van der Waals surface area contributed by atoms with Gasteiger partial charge in [0.2, 0.25) is 0 Å². The number of benzene rings is 1. The van der Waals surface area contributed by atoms with Crippen LogP contribution in [-0.4, -0.2) is 24.6 Å². The van der Waals surface area contributed by atoms with E-state index in [-0.39, 0.29) is 18.4 Å². The van der Waals surface area contributed by atoms with Crippen LogP contribution in [0.4, 0.5) is 0 Å². The van der Waals surface area contributed by atoms with Gasteiger partial charge >= 0.3 is 11.9 Å². The lowest BCUT2D eigenvalue weighted by molar-refractivity contribution is -0.162. The Hall–Kier alpha value is -2.10. The van der Waals surface area contributed by atoms with Crippen molar-refractivity contribution in [2.24, 2.45) is 5.92 Å². The minimum absolute atomic E-state index is 0.219. The Balaban J connectivity index is 2.07. The monoisotopic (exact) mass is 330 g/mol. The molecule has 4 heteroatoms. The maximum atomic E-state index is 12.4. The molecule has 0 saturated heterocycles. The van der Waals surface area contributed by atoms with Gasteiger partial charge < -0.3 is 9.47 Å². The Morgan fingerprint density at radius 2 is 1.92 bits per heavy atom. The fraction of sp³-hybridized carbons (Fsp3) is 0.500. The first-order valence-corrected chi connectivity index (χ1v) is 8.50. The van der Waals surface area contributed by atoms with E-state index < -0.39 is 12.0 Å². The molecule has 1 aliphatic rings. The summed E-state index contributed by atoms with van der Waals surface area (Å²) in [6.07, 6.45) is 1.68. The smallest absolute Gasteiger partial charge is 0.312 e. The number of rotatable bonds is 5. The first-order chi connectivity index (χ1) is 11.4. The predicted octanol–water partition coefficient (Wildman–Crippen LogP) is 3.68. The summed E-state index contributed by atoms with van der Waals surface area (Å²) in [5, 5.41) is 0. The van der Waals surface area contributed by atoms with Crippen LogP contribution in [0.5, 0.6) is 0 Å². The summed E-state index contributed by atoms with van der Waals surface area (Å²) < 4.78 is 10.8. The first-order valence-electron chi connectivity index (χ1n) is 8.50. The second-order valence-corrected chi connectivity index (χ2v) is 6.43. The van der Waals surface area contributed by atoms with Crippen LogP contribution in [0.2, 0.25) is 0 Å². The van der Waals surface area contributed by atoms with E-state index in [2.05, 4.69) is 6.58 Å². The average molecular weight is 330 g/mol. The zero-order chi connectivity index (χ0) is 17.7. The third-order valence-electron chi connectivity index (χ3n) is 4.59. The van der Waals surface area contributed by atoms with E-state index in [0.717, 1.165) is 28.7 Å². The predicted molar refractivity (Wildman–Crippen MR) is 92.6 cm³/mol. The van der Waals surface area contributed by atoms with E-state index in [4.69, 9.17) is 9.47 Å². The fourth-order valence-corrected chi connectivity index (χ4v) is 3.20. The number of hydrogen-bond acceptors (Lipinski definition) is 4. The SMILES string of the molecule is C=C1CCC(C(=O)OCC)C(OC(=O)Cc2c(C)cccc2C)C1. The van der Waals surface area contributed by atoms with Crippen molar-refractivity contribution in [2.75, 3.05) is 6.61 Å². The molecule has 4 nitrogen and oxygen atoms in total. The highest BCUT2D eigenvalue weighted by atomic mass is 16.6. The lowest BCUT2D eigenvalue weighted by atomic mass is 9.84. The maximum absolute atomic E-state index is 12.4. The molecule has 2 rings (SSSR count). The summed E-state index contributed by atoms with van der Waals surface area (Å²) in [6.45, 7) is 10.1. The van der Waals surface area contributed by atoms with Gasteiger partial charge in [0.05, 0.1) is 18.9 Å². The Labute approximate surface area is 143 Å². The van der Waals surface area contributed by atoms with E-state index in [9.17, 15) is 9.59 Å². The van der Waals surface area contributed by atoms with E-state index in [0.29, 0.717) is 19.4 Å². The molecule has 1 aliphatic carbocycles. The minimum atomic E-state index is -0.470. The number of ether oxygens (including phenoxy) is 2. The molecule has 0 bridgehead atoms. The van der Waals surface area contributed by atoms with Crippen molar-refractivity contribution in [2.45, 2.75) is 52.6 Å². The van der Waals surface area contributed by atoms with Gasteiger partial charge in [0, 0.05) is 6.42 Å². The van der Waals surface area contributed by atoms with Crippen molar-refractivity contribution >= 4 is 11.9 Å². The Morgan fingerprint density at radius 1 is 1.25 bits per heavy atom. The summed E-state index contributed by atoms with van der Waals surface area (Å²) in [7, 11) is 0. The van der Waals surface area contributed by atoms with Gasteiger partial charge in [-0.15, -0.1) is 0 Å². The van der Waals surface area contributed by atoms with Crippen LogP contribution >= 0.6 is 0 Å². The quantitative estimate of drug-likeness (QED) is 0.610. The molecule has 24 heavy (non-hydrogen) atoms. The second-order valence-electron chi connectivity index (χ2n) is 6.43. The Morgan fingerprint density at radius 3 is 2.54 bits per heavy atom. The third kappa shape index (κ3) is 4.47. The first kappa shape index (κ1) is 18.2. The zero-order valence-corrected chi connectivity index (χ0v) is 14.8. The molecule has 0 amide bonds. The van der Waals surface area contributed by atoms with Crippen molar-refractivity contribution in [1.82, 2.24) is 0 Å². The zero-order valence-electron chi connectivity index (χ0n) is 14.8. The van der Waals surface area contributed by atoms with E-state index >= 15 is 0 Å². The van der Waals surface area contributed by atoms with Crippen LogP contribution in [0.15, 0.2) is 30.4 Å². The number of carbonyl (C=O) groups is 2. The van der Waals surface area contributed by atoms with Crippen molar-refractivity contribution in [1.29, 1.82) is 0 Å². The molecule has 0 aliphatic heterocycles. The van der Waals surface area contributed by atoms with Gasteiger partial charge in [-0.05, 0) is 50.3 Å². The van der Waals surface area contributed by atoms with Gasteiger partial charge in [0.25, 0.3) is 0 Å². The number of esters is 2. The molecule has 0 aromatic heterocycles. The van der Waals surface area contributed by atoms with Crippen LogP contribution in [0.1, 0.15) is 42.9 Å². The Bertz CT molecular complexity index is 612. The van der Waals surface area contributed by atoms with Crippen LogP contribution in [0.3, 0.4) is 0 Å². The van der Waals surface area contributed by atoms with Gasteiger partial charge in [-0.2, -0.15) is 0 Å². The standard InChI is InChI=1S/C20H26O4/c1-5-23-20(22)16-10-9-13(2)11-18(16)24-19(21)12-17-14(3)7-6-8-15(17)4/h6-8,16,18H,2,5,9-12H2,1,3-4H3. The van der Waals surface area contributed by atoms with Crippen molar-refractivity contribution in [3.05, 3.63) is 47.0 Å². The van der Waals surface area contributed by atoms with Crippen molar-refractivity contribution in [3.63, 3.8) is 0 Å². The molecule has 0 spiro atoms. The van der Waals surface area contributed by atoms with Crippen LogP contribution in [-0.2, 0) is 25.5 Å². The molecule has 1 aromatic carbocycles. The molecule has 0 N–H and O–H groups in total. The normalized spacial score (nSPS) is 20.5. The lowest BCUT2D eigenvalue weighted by Gasteiger charge is -2.30. The highest BCUT2D eigenvalue weighted by Gasteiger charge is 2.36. The largest absolute Gasteiger partial charge is 0.466 e. The van der Waals surface area contributed by atoms with Gasteiger partial charge in [0.1, 0.15) is 6.10 Å². The van der Waals surface area contributed by atoms with Gasteiger partial charge in [-0.3, -0.25) is 9.59 Å². The van der Waals surface area contributed by atoms with E-state index in [1.165, 1.54) is 0 Å². The Kier molecular flexibility index (Phi) is 6.18. The summed E-state index contributed by atoms with van der Waals surface area (Å²) in [4.78, 5) is 24.5. The van der Waals surface area contributed by atoms with Gasteiger partial charge in [0.15, 0.2) is 0 Å². The average Bonchev–Trinajstić information content (AvgIpc) is 2.51. The maximum Gasteiger partial charge on any atom is 0.312 e. The summed E-state index contributed by atoms with van der Waals surface area (Å²) in [5.41, 5.74) is 4.15.